The number of nitrogens with one attached hydrogen (secondary N) is 2. The second-order valence-corrected chi connectivity index (χ2v) is 4.70. The van der Waals surface area contributed by atoms with Gasteiger partial charge in [-0.1, -0.05) is 27.7 Å². The Morgan fingerprint density at radius 1 is 0.824 bits per heavy atom. The van der Waals surface area contributed by atoms with Crippen LogP contribution in [0.1, 0.15) is 27.7 Å². The summed E-state index contributed by atoms with van der Waals surface area (Å²) < 4.78 is 0. The van der Waals surface area contributed by atoms with Crippen molar-refractivity contribution in [2.24, 2.45) is 21.8 Å². The van der Waals surface area contributed by atoms with Crippen LogP contribution >= 0.6 is 0 Å². The Bertz CT molecular complexity index is 240. The maximum absolute atomic E-state index is 4.24. The van der Waals surface area contributed by atoms with Crippen molar-refractivity contribution in [1.82, 2.24) is 16.8 Å². The second kappa shape index (κ2) is 8.06. The lowest BCUT2D eigenvalue weighted by Crippen LogP contribution is -2.23. The van der Waals surface area contributed by atoms with E-state index in [0.29, 0.717) is 11.8 Å². The van der Waals surface area contributed by atoms with E-state index in [0.717, 1.165) is 26.2 Å². The molecule has 0 aromatic carbocycles. The van der Waals surface area contributed by atoms with Gasteiger partial charge >= 0.3 is 0 Å². The molecule has 0 saturated carbocycles. The first-order valence-corrected chi connectivity index (χ1v) is 6.17. The number of amidine groups is 2. The van der Waals surface area contributed by atoms with E-state index in [2.05, 4.69) is 48.3 Å². The average Bonchev–Trinajstić information content (AvgIpc) is 2.93. The molecule has 0 radical (unpaired) electrons. The number of aliphatic imine (C=N–C) groups is 2. The van der Waals surface area contributed by atoms with E-state index in [1.54, 1.807) is 0 Å². The molecular weight excluding hydrogens is 214 g/mol. The van der Waals surface area contributed by atoms with Gasteiger partial charge in [0, 0.05) is 24.9 Å². The van der Waals surface area contributed by atoms with Crippen LogP contribution in [0.15, 0.2) is 9.98 Å². The average molecular weight is 241 g/mol. The summed E-state index contributed by atoms with van der Waals surface area (Å²) in [5.41, 5.74) is 0. The minimum absolute atomic E-state index is 0. The first-order valence-electron chi connectivity index (χ1n) is 6.17. The monoisotopic (exact) mass is 241 g/mol. The summed E-state index contributed by atoms with van der Waals surface area (Å²) in [4.78, 5) is 8.48. The van der Waals surface area contributed by atoms with Gasteiger partial charge in [0.05, 0.1) is 24.8 Å². The Labute approximate surface area is 105 Å². The van der Waals surface area contributed by atoms with Crippen LogP contribution in [0.25, 0.3) is 0 Å². The highest BCUT2D eigenvalue weighted by molar-refractivity contribution is 5.85. The summed E-state index contributed by atoms with van der Waals surface area (Å²) in [5.74, 6) is 3.50. The SMILES string of the molecule is CC(C)C1=NCCN1.CC(C)C1=NCCN1.N. The van der Waals surface area contributed by atoms with Crippen LogP contribution in [-0.4, -0.2) is 37.9 Å². The van der Waals surface area contributed by atoms with Gasteiger partial charge in [-0.15, -0.1) is 0 Å². The third-order valence-electron chi connectivity index (χ3n) is 2.49. The van der Waals surface area contributed by atoms with Crippen molar-refractivity contribution in [1.29, 1.82) is 0 Å². The fourth-order valence-corrected chi connectivity index (χ4v) is 1.61. The van der Waals surface area contributed by atoms with E-state index in [4.69, 9.17) is 0 Å². The maximum atomic E-state index is 4.24. The molecular formula is C12H27N5. The minimum Gasteiger partial charge on any atom is -0.372 e. The number of hydrogen-bond donors (Lipinski definition) is 3. The molecule has 0 fully saturated rings. The molecule has 0 amide bonds. The normalized spacial score (nSPS) is 17.5. The highest BCUT2D eigenvalue weighted by Gasteiger charge is 2.07. The Hall–Kier alpha value is -1.10. The molecule has 17 heavy (non-hydrogen) atoms. The van der Waals surface area contributed by atoms with Crippen LogP contribution in [0.4, 0.5) is 0 Å². The van der Waals surface area contributed by atoms with E-state index >= 15 is 0 Å². The summed E-state index contributed by atoms with van der Waals surface area (Å²) in [7, 11) is 0. The lowest BCUT2D eigenvalue weighted by atomic mass is 10.2. The van der Waals surface area contributed by atoms with Crippen LogP contribution in [0, 0.1) is 11.8 Å². The summed E-state index contributed by atoms with van der Waals surface area (Å²) in [6, 6.07) is 0. The van der Waals surface area contributed by atoms with E-state index in [1.807, 2.05) is 0 Å². The highest BCUT2D eigenvalue weighted by Crippen LogP contribution is 1.97. The molecule has 0 atom stereocenters. The summed E-state index contributed by atoms with van der Waals surface area (Å²) in [6.45, 7) is 12.6. The Balaban J connectivity index is 0.000000284. The third-order valence-corrected chi connectivity index (χ3v) is 2.49. The lowest BCUT2D eigenvalue weighted by molar-refractivity contribution is 0.838. The van der Waals surface area contributed by atoms with Crippen LogP contribution in [0.3, 0.4) is 0 Å². The molecule has 0 aromatic heterocycles. The molecule has 5 N–H and O–H groups in total. The van der Waals surface area contributed by atoms with Crippen molar-refractivity contribution in [2.75, 3.05) is 26.2 Å². The van der Waals surface area contributed by atoms with E-state index in [9.17, 15) is 0 Å². The molecule has 0 aliphatic carbocycles. The number of rotatable bonds is 2. The molecule has 2 aliphatic rings. The first kappa shape index (κ1) is 15.9. The standard InChI is InChI=1S/2C6H12N2.H3N/c2*1-5(2)6-7-3-4-8-6;/h2*5H,3-4H2,1-2H3,(H,7,8);1H3. The van der Waals surface area contributed by atoms with Gasteiger partial charge in [0.25, 0.3) is 0 Å². The van der Waals surface area contributed by atoms with Crippen LogP contribution < -0.4 is 16.8 Å². The molecule has 2 rings (SSSR count). The van der Waals surface area contributed by atoms with Crippen molar-refractivity contribution in [3.8, 4) is 0 Å². The molecule has 0 bridgehead atoms. The molecule has 0 aromatic rings. The lowest BCUT2D eigenvalue weighted by Gasteiger charge is -2.02. The quantitative estimate of drug-likeness (QED) is 0.684. The van der Waals surface area contributed by atoms with Gasteiger partial charge in [0.2, 0.25) is 0 Å². The fraction of sp³-hybridized carbons (Fsp3) is 0.833. The summed E-state index contributed by atoms with van der Waals surface area (Å²) >= 11 is 0. The Morgan fingerprint density at radius 3 is 1.29 bits per heavy atom. The Kier molecular flexibility index (Phi) is 7.54. The van der Waals surface area contributed by atoms with Crippen molar-refractivity contribution in [3.05, 3.63) is 0 Å². The van der Waals surface area contributed by atoms with Crippen LogP contribution in [0.5, 0.6) is 0 Å². The van der Waals surface area contributed by atoms with Crippen molar-refractivity contribution in [2.45, 2.75) is 27.7 Å². The van der Waals surface area contributed by atoms with Gasteiger partial charge in [-0.05, 0) is 0 Å². The highest BCUT2D eigenvalue weighted by atomic mass is 15.1. The summed E-state index contributed by atoms with van der Waals surface area (Å²) in [5, 5.41) is 6.41. The van der Waals surface area contributed by atoms with Crippen molar-refractivity contribution in [3.63, 3.8) is 0 Å². The zero-order valence-electron chi connectivity index (χ0n) is 11.6. The zero-order chi connectivity index (χ0) is 12.0. The van der Waals surface area contributed by atoms with Gasteiger partial charge in [-0.25, -0.2) is 0 Å². The van der Waals surface area contributed by atoms with E-state index in [1.165, 1.54) is 11.7 Å². The second-order valence-electron chi connectivity index (χ2n) is 4.70. The predicted octanol–water partition coefficient (Wildman–Crippen LogP) is 1.45. The minimum atomic E-state index is 0. The van der Waals surface area contributed by atoms with Crippen LogP contribution in [0.2, 0.25) is 0 Å². The van der Waals surface area contributed by atoms with Crippen molar-refractivity contribution < 1.29 is 0 Å². The van der Waals surface area contributed by atoms with Gasteiger partial charge in [0.1, 0.15) is 0 Å². The first-order chi connectivity index (χ1) is 7.61. The van der Waals surface area contributed by atoms with Gasteiger partial charge in [-0.3, -0.25) is 9.98 Å². The number of nitrogens with zero attached hydrogens (tertiary/aromatic N) is 2. The fourth-order valence-electron chi connectivity index (χ4n) is 1.61. The van der Waals surface area contributed by atoms with E-state index < -0.39 is 0 Å². The molecule has 0 saturated heterocycles. The van der Waals surface area contributed by atoms with Gasteiger partial charge < -0.3 is 16.8 Å². The molecule has 0 unspecified atom stereocenters. The largest absolute Gasteiger partial charge is 0.372 e. The van der Waals surface area contributed by atoms with Crippen molar-refractivity contribution >= 4 is 11.7 Å². The molecule has 5 heteroatoms. The molecule has 2 heterocycles. The number of hydrogen-bond acceptors (Lipinski definition) is 5. The van der Waals surface area contributed by atoms with Gasteiger partial charge in [-0.2, -0.15) is 0 Å². The zero-order valence-corrected chi connectivity index (χ0v) is 11.6. The smallest absolute Gasteiger partial charge is 0.0990 e. The molecule has 5 nitrogen and oxygen atoms in total. The van der Waals surface area contributed by atoms with Crippen LogP contribution in [-0.2, 0) is 0 Å². The summed E-state index contributed by atoms with van der Waals surface area (Å²) in [6.07, 6.45) is 0. The van der Waals surface area contributed by atoms with E-state index in [-0.39, 0.29) is 6.15 Å². The molecule has 2 aliphatic heterocycles. The Morgan fingerprint density at radius 2 is 1.18 bits per heavy atom. The topological polar surface area (TPSA) is 83.8 Å². The predicted molar refractivity (Wildman–Crippen MR) is 75.3 cm³/mol. The molecule has 0 spiro atoms. The maximum Gasteiger partial charge on any atom is 0.0990 e. The van der Waals surface area contributed by atoms with Gasteiger partial charge in [0.15, 0.2) is 0 Å². The third kappa shape index (κ3) is 5.68. The molecule has 100 valence electrons.